The second-order valence-corrected chi connectivity index (χ2v) is 6.13. The lowest BCUT2D eigenvalue weighted by Crippen LogP contribution is -2.24. The highest BCUT2D eigenvalue weighted by Gasteiger charge is 2.18. The van der Waals surface area contributed by atoms with Gasteiger partial charge in [0.15, 0.2) is 11.5 Å². The Kier molecular flexibility index (Phi) is 5.06. The zero-order valence-electron chi connectivity index (χ0n) is 15.0. The first-order valence-electron chi connectivity index (χ1n) is 8.18. The third-order valence-corrected chi connectivity index (χ3v) is 3.98. The number of hydrogen-bond donors (Lipinski definition) is 1. The van der Waals surface area contributed by atoms with Crippen LogP contribution in [0.1, 0.15) is 18.2 Å². The van der Waals surface area contributed by atoms with Gasteiger partial charge in [0.05, 0.1) is 19.7 Å². The molecule has 3 aromatic rings. The molecule has 2 aromatic carbocycles. The quantitative estimate of drug-likeness (QED) is 0.735. The molecule has 1 heterocycles. The molecule has 1 unspecified atom stereocenters. The minimum Gasteiger partial charge on any atom is -0.493 e. The largest absolute Gasteiger partial charge is 0.493 e. The van der Waals surface area contributed by atoms with Gasteiger partial charge in [-0.2, -0.15) is 0 Å². The summed E-state index contributed by atoms with van der Waals surface area (Å²) in [5, 5.41) is 11.4. The molecule has 0 radical (unpaired) electrons. The number of ether oxygens (including phenoxy) is 2. The summed E-state index contributed by atoms with van der Waals surface area (Å²) < 4.78 is 10.6. The summed E-state index contributed by atoms with van der Waals surface area (Å²) in [5.74, 6) is 7.08. The van der Waals surface area contributed by atoms with Crippen LogP contribution in [0.4, 0.5) is 0 Å². The van der Waals surface area contributed by atoms with Crippen LogP contribution in [0.2, 0.25) is 0 Å². The van der Waals surface area contributed by atoms with E-state index in [0.717, 1.165) is 10.9 Å². The lowest BCUT2D eigenvalue weighted by atomic mass is 9.97. The van der Waals surface area contributed by atoms with Crippen molar-refractivity contribution in [1.82, 2.24) is 9.97 Å². The molecule has 1 N–H and O–H groups in total. The van der Waals surface area contributed by atoms with Crippen molar-refractivity contribution in [3.63, 3.8) is 0 Å². The molecule has 1 aromatic heterocycles. The Bertz CT molecular complexity index is 973. The predicted octanol–water partition coefficient (Wildman–Crippen LogP) is 2.99. The van der Waals surface area contributed by atoms with E-state index in [9.17, 15) is 5.11 Å². The van der Waals surface area contributed by atoms with Crippen molar-refractivity contribution in [3.05, 3.63) is 60.0 Å². The Morgan fingerprint density at radius 3 is 2.42 bits per heavy atom. The van der Waals surface area contributed by atoms with E-state index < -0.39 is 5.60 Å². The highest BCUT2D eigenvalue weighted by Crippen LogP contribution is 2.32. The second kappa shape index (κ2) is 7.42. The Labute approximate surface area is 152 Å². The van der Waals surface area contributed by atoms with Crippen LogP contribution in [0.15, 0.2) is 48.8 Å². The summed E-state index contributed by atoms with van der Waals surface area (Å²) in [7, 11) is 3.15. The van der Waals surface area contributed by atoms with Gasteiger partial charge in [0, 0.05) is 17.9 Å². The van der Waals surface area contributed by atoms with Crippen LogP contribution in [0, 0.1) is 11.8 Å². The highest BCUT2D eigenvalue weighted by molar-refractivity contribution is 5.86. The van der Waals surface area contributed by atoms with Gasteiger partial charge < -0.3 is 14.6 Å². The maximum atomic E-state index is 10.6. The summed E-state index contributed by atoms with van der Waals surface area (Å²) in [6.07, 6.45) is 1.88. The van der Waals surface area contributed by atoms with E-state index >= 15 is 0 Å². The molecule has 0 bridgehead atoms. The number of aromatic nitrogens is 2. The predicted molar refractivity (Wildman–Crippen MR) is 100 cm³/mol. The van der Waals surface area contributed by atoms with E-state index in [-0.39, 0.29) is 0 Å². The molecule has 0 aliphatic carbocycles. The molecule has 0 fully saturated rings. The average Bonchev–Trinajstić information content (AvgIpc) is 2.65. The zero-order valence-corrected chi connectivity index (χ0v) is 15.0. The number of benzene rings is 2. The van der Waals surface area contributed by atoms with Crippen LogP contribution in [-0.4, -0.2) is 34.9 Å². The molecule has 0 aliphatic heterocycles. The SMILES string of the molecule is COc1cc2ncnc(C#CC(C)(O)Cc3ccccc3)c2cc1OC. The van der Waals surface area contributed by atoms with Gasteiger partial charge in [0.25, 0.3) is 0 Å². The number of aliphatic hydroxyl groups is 1. The van der Waals surface area contributed by atoms with E-state index in [4.69, 9.17) is 9.47 Å². The minimum absolute atomic E-state index is 0.432. The smallest absolute Gasteiger partial charge is 0.162 e. The molecular weight excluding hydrogens is 328 g/mol. The molecule has 0 amide bonds. The van der Waals surface area contributed by atoms with Crippen LogP contribution >= 0.6 is 0 Å². The van der Waals surface area contributed by atoms with Gasteiger partial charge in [-0.1, -0.05) is 36.3 Å². The first-order chi connectivity index (χ1) is 12.5. The van der Waals surface area contributed by atoms with Crippen LogP contribution < -0.4 is 9.47 Å². The molecule has 5 heteroatoms. The number of hydrogen-bond acceptors (Lipinski definition) is 5. The van der Waals surface area contributed by atoms with Crippen molar-refractivity contribution >= 4 is 10.9 Å². The Morgan fingerprint density at radius 2 is 1.73 bits per heavy atom. The molecule has 3 rings (SSSR count). The average molecular weight is 348 g/mol. The van der Waals surface area contributed by atoms with Crippen molar-refractivity contribution < 1.29 is 14.6 Å². The van der Waals surface area contributed by atoms with Gasteiger partial charge in [0.2, 0.25) is 0 Å². The van der Waals surface area contributed by atoms with Gasteiger partial charge in [-0.05, 0) is 24.5 Å². The normalized spacial score (nSPS) is 12.8. The van der Waals surface area contributed by atoms with E-state index in [0.29, 0.717) is 29.1 Å². The summed E-state index contributed by atoms with van der Waals surface area (Å²) in [4.78, 5) is 8.52. The topological polar surface area (TPSA) is 64.5 Å². The molecule has 0 spiro atoms. The lowest BCUT2D eigenvalue weighted by molar-refractivity contribution is 0.123. The molecule has 26 heavy (non-hydrogen) atoms. The second-order valence-electron chi connectivity index (χ2n) is 6.13. The minimum atomic E-state index is -1.17. The first-order valence-corrected chi connectivity index (χ1v) is 8.18. The maximum absolute atomic E-state index is 10.6. The maximum Gasteiger partial charge on any atom is 0.162 e. The number of fused-ring (bicyclic) bond motifs is 1. The Morgan fingerprint density at radius 1 is 1.04 bits per heavy atom. The molecule has 5 nitrogen and oxygen atoms in total. The number of nitrogens with zero attached hydrogens (tertiary/aromatic N) is 2. The number of rotatable bonds is 4. The van der Waals surface area contributed by atoms with Crippen molar-refractivity contribution in [2.24, 2.45) is 0 Å². The number of methoxy groups -OCH3 is 2. The molecule has 0 aliphatic rings. The lowest BCUT2D eigenvalue weighted by Gasteiger charge is -2.16. The molecule has 132 valence electrons. The van der Waals surface area contributed by atoms with Gasteiger partial charge in [0.1, 0.15) is 17.6 Å². The summed E-state index contributed by atoms with van der Waals surface area (Å²) in [6, 6.07) is 13.3. The van der Waals surface area contributed by atoms with Crippen molar-refractivity contribution in [3.8, 4) is 23.3 Å². The van der Waals surface area contributed by atoms with E-state index in [2.05, 4.69) is 21.8 Å². The van der Waals surface area contributed by atoms with Gasteiger partial charge in [-0.25, -0.2) is 9.97 Å². The molecule has 0 saturated heterocycles. The monoisotopic (exact) mass is 348 g/mol. The molecule has 1 atom stereocenters. The van der Waals surface area contributed by atoms with Gasteiger partial charge >= 0.3 is 0 Å². The zero-order chi connectivity index (χ0) is 18.6. The van der Waals surface area contributed by atoms with E-state index in [1.165, 1.54) is 6.33 Å². The molecule has 0 saturated carbocycles. The van der Waals surface area contributed by atoms with Crippen LogP contribution in [0.3, 0.4) is 0 Å². The summed E-state index contributed by atoms with van der Waals surface area (Å²) >= 11 is 0. The van der Waals surface area contributed by atoms with E-state index in [1.54, 1.807) is 33.3 Å². The van der Waals surface area contributed by atoms with Crippen LogP contribution in [-0.2, 0) is 6.42 Å². The third kappa shape index (κ3) is 3.93. The van der Waals surface area contributed by atoms with Crippen LogP contribution in [0.5, 0.6) is 11.5 Å². The fourth-order valence-electron chi connectivity index (χ4n) is 2.71. The fourth-order valence-corrected chi connectivity index (χ4v) is 2.71. The summed E-state index contributed by atoms with van der Waals surface area (Å²) in [6.45, 7) is 1.69. The van der Waals surface area contributed by atoms with E-state index in [1.807, 2.05) is 30.3 Å². The van der Waals surface area contributed by atoms with Crippen molar-refractivity contribution in [2.75, 3.05) is 14.2 Å². The van der Waals surface area contributed by atoms with Crippen molar-refractivity contribution in [1.29, 1.82) is 0 Å². The highest BCUT2D eigenvalue weighted by atomic mass is 16.5. The van der Waals surface area contributed by atoms with Gasteiger partial charge in [-0.3, -0.25) is 0 Å². The van der Waals surface area contributed by atoms with Gasteiger partial charge in [-0.15, -0.1) is 0 Å². The molecular formula is C21H20N2O3. The Balaban J connectivity index is 1.97. The Hall–Kier alpha value is -3.10. The van der Waals surface area contributed by atoms with Crippen molar-refractivity contribution in [2.45, 2.75) is 18.9 Å². The third-order valence-electron chi connectivity index (χ3n) is 3.98. The first kappa shape index (κ1) is 17.7. The fraction of sp³-hybridized carbons (Fsp3) is 0.238. The summed E-state index contributed by atoms with van der Waals surface area (Å²) in [5.41, 5.74) is 1.08. The van der Waals surface area contributed by atoms with Crippen LogP contribution in [0.25, 0.3) is 10.9 Å². The standard InChI is InChI=1S/C21H20N2O3/c1-21(24,13-15-7-5-4-6-8-15)10-9-17-16-11-19(25-2)20(26-3)12-18(16)23-14-22-17/h4-8,11-12,14,24H,13H2,1-3H3.